The zero-order valence-electron chi connectivity index (χ0n) is 17.8. The van der Waals surface area contributed by atoms with Crippen LogP contribution in [0.3, 0.4) is 0 Å². The molecule has 0 aliphatic carbocycles. The van der Waals surface area contributed by atoms with Gasteiger partial charge in [0, 0.05) is 11.4 Å². The Bertz CT molecular complexity index is 1040. The van der Waals surface area contributed by atoms with Gasteiger partial charge < -0.3 is 10.6 Å². The second-order valence-electron chi connectivity index (χ2n) is 6.84. The van der Waals surface area contributed by atoms with Gasteiger partial charge in [-0.3, -0.25) is 10.9 Å². The van der Waals surface area contributed by atoms with Crippen molar-refractivity contribution in [2.75, 3.05) is 10.6 Å². The quantitative estimate of drug-likeness (QED) is 0.233. The molecule has 0 fully saturated rings. The summed E-state index contributed by atoms with van der Waals surface area (Å²) in [6.07, 6.45) is 0. The maximum Gasteiger partial charge on any atom is 0.191 e. The molecule has 0 saturated carbocycles. The van der Waals surface area contributed by atoms with E-state index in [1.165, 1.54) is 0 Å². The summed E-state index contributed by atoms with van der Waals surface area (Å²) in [5.41, 5.74) is 11.1. The third-order valence-electron chi connectivity index (χ3n) is 4.41. The summed E-state index contributed by atoms with van der Waals surface area (Å²) in [6.45, 7) is 3.84. The zero-order valence-corrected chi connectivity index (χ0v) is 19.4. The molecule has 0 aliphatic heterocycles. The van der Waals surface area contributed by atoms with Crippen molar-refractivity contribution in [1.82, 2.24) is 10.9 Å². The van der Waals surface area contributed by atoms with Crippen LogP contribution in [-0.4, -0.2) is 21.6 Å². The number of nitrogens with zero attached hydrogens (tertiary/aromatic N) is 2. The lowest BCUT2D eigenvalue weighted by Gasteiger charge is -2.10. The Morgan fingerprint density at radius 2 is 1.00 bits per heavy atom. The monoisotopic (exact) mass is 460 g/mol. The predicted octanol–water partition coefficient (Wildman–Crippen LogP) is 5.11. The summed E-state index contributed by atoms with van der Waals surface area (Å²) in [6, 6.07) is 27.3. The fraction of sp³-hybridized carbons (Fsp3) is 0.0833. The summed E-state index contributed by atoms with van der Waals surface area (Å²) in [5.74, 6) is 0. The van der Waals surface area contributed by atoms with Gasteiger partial charge in [0.05, 0.1) is 11.4 Å². The number of anilines is 2. The van der Waals surface area contributed by atoms with E-state index in [2.05, 4.69) is 31.7 Å². The standard InChI is InChI=1S/C24H24N6S2/c1-17(27-29-23(31)25-21-12-5-3-6-13-21)19-10-9-11-20(16-19)18(2)28-30-24(32)26-22-14-7-4-8-15-22/h3-16H,1-2H3,(H2,25,29,31)(H2,26,30,32)/b27-17+,28-18+. The number of rotatable bonds is 6. The first-order valence-electron chi connectivity index (χ1n) is 9.95. The number of hydrazone groups is 2. The molecule has 32 heavy (non-hydrogen) atoms. The summed E-state index contributed by atoms with van der Waals surface area (Å²) in [5, 5.41) is 15.8. The maximum absolute atomic E-state index is 5.30. The zero-order chi connectivity index (χ0) is 22.8. The van der Waals surface area contributed by atoms with E-state index >= 15 is 0 Å². The Morgan fingerprint density at radius 1 is 0.594 bits per heavy atom. The molecule has 6 nitrogen and oxygen atoms in total. The Hall–Kier alpha value is -3.62. The fourth-order valence-electron chi connectivity index (χ4n) is 2.73. The lowest BCUT2D eigenvalue weighted by atomic mass is 10.1. The molecule has 3 aromatic rings. The largest absolute Gasteiger partial charge is 0.331 e. The van der Waals surface area contributed by atoms with Crippen molar-refractivity contribution in [3.8, 4) is 0 Å². The number of benzene rings is 3. The van der Waals surface area contributed by atoms with Gasteiger partial charge in [-0.25, -0.2) is 0 Å². The van der Waals surface area contributed by atoms with E-state index in [9.17, 15) is 0 Å². The molecule has 0 aliphatic rings. The molecule has 0 radical (unpaired) electrons. The number of nitrogens with one attached hydrogen (secondary N) is 4. The summed E-state index contributed by atoms with van der Waals surface area (Å²) >= 11 is 10.6. The molecule has 0 spiro atoms. The molecule has 0 saturated heterocycles. The molecular formula is C24H24N6S2. The highest BCUT2D eigenvalue weighted by atomic mass is 32.1. The summed E-state index contributed by atoms with van der Waals surface area (Å²) in [4.78, 5) is 0. The van der Waals surface area contributed by atoms with Gasteiger partial charge in [-0.1, -0.05) is 54.6 Å². The van der Waals surface area contributed by atoms with Crippen molar-refractivity contribution in [3.05, 3.63) is 96.1 Å². The van der Waals surface area contributed by atoms with E-state index in [1.807, 2.05) is 98.8 Å². The molecule has 0 unspecified atom stereocenters. The Labute approximate surface area is 198 Å². The smallest absolute Gasteiger partial charge is 0.191 e. The lowest BCUT2D eigenvalue weighted by molar-refractivity contribution is 1.03. The van der Waals surface area contributed by atoms with Crippen LogP contribution in [0.4, 0.5) is 11.4 Å². The lowest BCUT2D eigenvalue weighted by Crippen LogP contribution is -2.25. The Kier molecular flexibility index (Phi) is 8.42. The minimum absolute atomic E-state index is 0.424. The van der Waals surface area contributed by atoms with Crippen molar-refractivity contribution in [2.24, 2.45) is 10.2 Å². The molecule has 0 bridgehead atoms. The first kappa shape index (κ1) is 23.1. The molecule has 0 aromatic heterocycles. The molecule has 8 heteroatoms. The van der Waals surface area contributed by atoms with Crippen molar-refractivity contribution < 1.29 is 0 Å². The van der Waals surface area contributed by atoms with E-state index in [1.54, 1.807) is 0 Å². The van der Waals surface area contributed by atoms with Gasteiger partial charge in [0.15, 0.2) is 10.2 Å². The minimum Gasteiger partial charge on any atom is -0.331 e. The average molecular weight is 461 g/mol. The second kappa shape index (κ2) is 11.7. The molecule has 4 N–H and O–H groups in total. The molecular weight excluding hydrogens is 436 g/mol. The third-order valence-corrected chi connectivity index (χ3v) is 4.80. The summed E-state index contributed by atoms with van der Waals surface area (Å²) < 4.78 is 0. The molecule has 0 amide bonds. The molecule has 162 valence electrons. The van der Waals surface area contributed by atoms with Gasteiger partial charge in [0.25, 0.3) is 0 Å². The fourth-order valence-corrected chi connectivity index (χ4v) is 3.06. The van der Waals surface area contributed by atoms with E-state index in [4.69, 9.17) is 24.4 Å². The maximum atomic E-state index is 5.30. The third kappa shape index (κ3) is 7.26. The van der Waals surface area contributed by atoms with E-state index < -0.39 is 0 Å². The molecule has 0 heterocycles. The predicted molar refractivity (Wildman–Crippen MR) is 142 cm³/mol. The van der Waals surface area contributed by atoms with Crippen LogP contribution in [0.5, 0.6) is 0 Å². The van der Waals surface area contributed by atoms with Gasteiger partial charge in [-0.05, 0) is 79.7 Å². The van der Waals surface area contributed by atoms with Crippen LogP contribution >= 0.6 is 24.4 Å². The van der Waals surface area contributed by atoms with Crippen LogP contribution in [0.1, 0.15) is 25.0 Å². The highest BCUT2D eigenvalue weighted by molar-refractivity contribution is 7.80. The van der Waals surface area contributed by atoms with Gasteiger partial charge in [-0.15, -0.1) is 0 Å². The highest BCUT2D eigenvalue weighted by Crippen LogP contribution is 2.09. The minimum atomic E-state index is 0.424. The van der Waals surface area contributed by atoms with Crippen LogP contribution in [0, 0.1) is 0 Å². The normalized spacial score (nSPS) is 11.4. The van der Waals surface area contributed by atoms with Crippen LogP contribution in [0.25, 0.3) is 0 Å². The van der Waals surface area contributed by atoms with Gasteiger partial charge in [0.1, 0.15) is 0 Å². The van der Waals surface area contributed by atoms with Crippen LogP contribution in [-0.2, 0) is 0 Å². The average Bonchev–Trinajstić information content (AvgIpc) is 2.82. The van der Waals surface area contributed by atoms with Crippen LogP contribution < -0.4 is 21.5 Å². The van der Waals surface area contributed by atoms with Gasteiger partial charge in [-0.2, -0.15) is 10.2 Å². The van der Waals surface area contributed by atoms with E-state index in [-0.39, 0.29) is 0 Å². The topological polar surface area (TPSA) is 72.8 Å². The SMILES string of the molecule is C/C(=N\NC(=S)Nc1ccccc1)c1cccc(/C(C)=N/NC(=S)Nc2ccccc2)c1. The van der Waals surface area contributed by atoms with Gasteiger partial charge in [0.2, 0.25) is 0 Å². The van der Waals surface area contributed by atoms with Crippen LogP contribution in [0.15, 0.2) is 95.1 Å². The molecule has 3 rings (SSSR count). The number of para-hydroxylation sites is 2. The summed E-state index contributed by atoms with van der Waals surface area (Å²) in [7, 11) is 0. The number of hydrogen-bond donors (Lipinski definition) is 4. The van der Waals surface area contributed by atoms with Gasteiger partial charge >= 0.3 is 0 Å². The second-order valence-corrected chi connectivity index (χ2v) is 7.66. The van der Waals surface area contributed by atoms with Crippen LogP contribution in [0.2, 0.25) is 0 Å². The van der Waals surface area contributed by atoms with Crippen molar-refractivity contribution in [3.63, 3.8) is 0 Å². The number of hydrogen-bond acceptors (Lipinski definition) is 4. The first-order chi connectivity index (χ1) is 15.5. The number of thiocarbonyl (C=S) groups is 2. The first-order valence-corrected chi connectivity index (χ1v) is 10.8. The van der Waals surface area contributed by atoms with Crippen molar-refractivity contribution in [1.29, 1.82) is 0 Å². The Morgan fingerprint density at radius 3 is 1.41 bits per heavy atom. The molecule has 3 aromatic carbocycles. The van der Waals surface area contributed by atoms with Crippen molar-refractivity contribution >= 4 is 57.5 Å². The van der Waals surface area contributed by atoms with Crippen molar-refractivity contribution in [2.45, 2.75) is 13.8 Å². The molecule has 0 atom stereocenters. The Balaban J connectivity index is 1.59. The van der Waals surface area contributed by atoms with E-state index in [0.29, 0.717) is 10.2 Å². The highest BCUT2D eigenvalue weighted by Gasteiger charge is 2.04. The van der Waals surface area contributed by atoms with E-state index in [0.717, 1.165) is 33.9 Å².